The molecular weight excluding hydrogens is 322 g/mol. The minimum Gasteiger partial charge on any atom is -0.497 e. The van der Waals surface area contributed by atoms with Gasteiger partial charge in [0, 0.05) is 29.8 Å². The Labute approximate surface area is 137 Å². The summed E-state index contributed by atoms with van der Waals surface area (Å²) in [6.45, 7) is 0.155. The molecule has 0 spiro atoms. The molecule has 2 aromatic rings. The molecule has 0 aliphatic carbocycles. The van der Waals surface area contributed by atoms with Gasteiger partial charge in [0.1, 0.15) is 5.75 Å². The minimum absolute atomic E-state index is 0.0832. The Bertz CT molecular complexity index is 764. The fraction of sp³-hybridized carbons (Fsp3) is 0.133. The summed E-state index contributed by atoms with van der Waals surface area (Å²) in [6, 6.07) is 9.14. The van der Waals surface area contributed by atoms with Crippen LogP contribution in [0.2, 0.25) is 5.02 Å². The lowest BCUT2D eigenvalue weighted by Gasteiger charge is -2.11. The normalized spacial score (nSPS) is 10.2. The number of nitrogens with one attached hydrogen (secondary N) is 1. The van der Waals surface area contributed by atoms with Crippen LogP contribution in [0.5, 0.6) is 5.75 Å². The van der Waals surface area contributed by atoms with Crippen molar-refractivity contribution >= 4 is 28.9 Å². The van der Waals surface area contributed by atoms with Crippen molar-refractivity contribution in [3.63, 3.8) is 0 Å². The van der Waals surface area contributed by atoms with Crippen LogP contribution in [0.15, 0.2) is 36.4 Å². The van der Waals surface area contributed by atoms with Crippen molar-refractivity contribution in [3.05, 3.63) is 62.7 Å². The van der Waals surface area contributed by atoms with Gasteiger partial charge in [0.05, 0.1) is 22.7 Å². The molecule has 0 saturated carbocycles. The average molecular weight is 336 g/mol. The number of nitro benzene ring substituents is 1. The maximum absolute atomic E-state index is 11.2. The van der Waals surface area contributed by atoms with Crippen LogP contribution < -0.4 is 15.8 Å². The van der Waals surface area contributed by atoms with Gasteiger partial charge in [-0.15, -0.1) is 0 Å². The third kappa shape index (κ3) is 3.89. The third-order valence-electron chi connectivity index (χ3n) is 3.21. The molecule has 0 heterocycles. The Balaban J connectivity index is 2.27. The third-order valence-corrected chi connectivity index (χ3v) is 3.54. The average Bonchev–Trinajstić information content (AvgIpc) is 2.53. The summed E-state index contributed by atoms with van der Waals surface area (Å²) in [6.07, 6.45) is 0. The largest absolute Gasteiger partial charge is 0.497 e. The number of hydrogen-bond acceptors (Lipinski definition) is 5. The molecule has 2 rings (SSSR count). The molecule has 0 atom stereocenters. The Kier molecular flexibility index (Phi) is 5.02. The van der Waals surface area contributed by atoms with Gasteiger partial charge in [-0.1, -0.05) is 11.6 Å². The monoisotopic (exact) mass is 335 g/mol. The zero-order chi connectivity index (χ0) is 17.0. The first-order valence-electron chi connectivity index (χ1n) is 6.57. The van der Waals surface area contributed by atoms with Gasteiger partial charge in [-0.25, -0.2) is 0 Å². The first kappa shape index (κ1) is 16.6. The summed E-state index contributed by atoms with van der Waals surface area (Å²) in [5.74, 6) is -0.112. The lowest BCUT2D eigenvalue weighted by Crippen LogP contribution is -2.12. The van der Waals surface area contributed by atoms with E-state index in [1.165, 1.54) is 19.2 Å². The number of carbonyl (C=O) groups excluding carboxylic acids is 1. The van der Waals surface area contributed by atoms with Crippen LogP contribution in [0.3, 0.4) is 0 Å². The summed E-state index contributed by atoms with van der Waals surface area (Å²) in [4.78, 5) is 21.7. The van der Waals surface area contributed by atoms with Crippen molar-refractivity contribution in [2.24, 2.45) is 5.73 Å². The molecule has 3 N–H and O–H groups in total. The van der Waals surface area contributed by atoms with E-state index in [4.69, 9.17) is 22.1 Å². The smallest absolute Gasteiger partial charge is 0.275 e. The number of rotatable bonds is 6. The van der Waals surface area contributed by atoms with Crippen LogP contribution in [-0.4, -0.2) is 17.9 Å². The predicted molar refractivity (Wildman–Crippen MR) is 86.9 cm³/mol. The number of benzene rings is 2. The lowest BCUT2D eigenvalue weighted by atomic mass is 10.1. The van der Waals surface area contributed by atoms with E-state index in [0.717, 1.165) is 6.07 Å². The van der Waals surface area contributed by atoms with Crippen molar-refractivity contribution in [2.75, 3.05) is 12.4 Å². The molecule has 0 bridgehead atoms. The molecule has 1 amide bonds. The lowest BCUT2D eigenvalue weighted by molar-refractivity contribution is -0.385. The molecule has 0 aliphatic rings. The van der Waals surface area contributed by atoms with E-state index >= 15 is 0 Å². The molecule has 23 heavy (non-hydrogen) atoms. The molecule has 0 unspecified atom stereocenters. The number of nitro groups is 1. The van der Waals surface area contributed by atoms with Crippen molar-refractivity contribution in [1.29, 1.82) is 0 Å². The molecule has 120 valence electrons. The van der Waals surface area contributed by atoms with E-state index in [9.17, 15) is 14.9 Å². The molecule has 0 fully saturated rings. The van der Waals surface area contributed by atoms with Gasteiger partial charge in [-0.2, -0.15) is 0 Å². The number of ether oxygens (including phenoxy) is 1. The number of carbonyl (C=O) groups is 1. The SMILES string of the molecule is COc1ccc(Cl)c(NCc2ccc(C(N)=O)cc2[N+](=O)[O-])c1. The highest BCUT2D eigenvalue weighted by atomic mass is 35.5. The van der Waals surface area contributed by atoms with E-state index in [2.05, 4.69) is 5.32 Å². The van der Waals surface area contributed by atoms with Gasteiger partial charge in [-0.05, 0) is 24.3 Å². The number of nitrogens with zero attached hydrogens (tertiary/aromatic N) is 1. The van der Waals surface area contributed by atoms with E-state index in [1.54, 1.807) is 18.2 Å². The zero-order valence-electron chi connectivity index (χ0n) is 12.2. The Morgan fingerprint density at radius 1 is 1.35 bits per heavy atom. The molecule has 0 radical (unpaired) electrons. The van der Waals surface area contributed by atoms with Crippen LogP contribution >= 0.6 is 11.6 Å². The molecule has 7 nitrogen and oxygen atoms in total. The van der Waals surface area contributed by atoms with Crippen molar-refractivity contribution in [1.82, 2.24) is 0 Å². The molecule has 0 aliphatic heterocycles. The van der Waals surface area contributed by atoms with Gasteiger partial charge in [0.2, 0.25) is 5.91 Å². The Morgan fingerprint density at radius 2 is 2.09 bits per heavy atom. The second kappa shape index (κ2) is 6.97. The van der Waals surface area contributed by atoms with E-state index in [0.29, 0.717) is 22.0 Å². The standard InChI is InChI=1S/C15H14ClN3O4/c1-23-11-4-5-12(16)13(7-11)18-8-10-3-2-9(15(17)20)6-14(10)19(21)22/h2-7,18H,8H2,1H3,(H2,17,20). The summed E-state index contributed by atoms with van der Waals surface area (Å²) in [5, 5.41) is 14.6. The summed E-state index contributed by atoms with van der Waals surface area (Å²) in [7, 11) is 1.53. The highest BCUT2D eigenvalue weighted by Gasteiger charge is 2.16. The van der Waals surface area contributed by atoms with Crippen LogP contribution in [-0.2, 0) is 6.54 Å². The van der Waals surface area contributed by atoms with E-state index < -0.39 is 10.8 Å². The number of anilines is 1. The quantitative estimate of drug-likeness (QED) is 0.623. The van der Waals surface area contributed by atoms with Gasteiger partial charge in [0.15, 0.2) is 0 Å². The van der Waals surface area contributed by atoms with Gasteiger partial charge in [-0.3, -0.25) is 14.9 Å². The van der Waals surface area contributed by atoms with Gasteiger partial charge in [0.25, 0.3) is 5.69 Å². The number of nitrogens with two attached hydrogens (primary N) is 1. The predicted octanol–water partition coefficient (Wildman–Crippen LogP) is 2.97. The van der Waals surface area contributed by atoms with Crippen molar-refractivity contribution < 1.29 is 14.5 Å². The minimum atomic E-state index is -0.719. The highest BCUT2D eigenvalue weighted by Crippen LogP contribution is 2.28. The van der Waals surface area contributed by atoms with Crippen LogP contribution in [0.4, 0.5) is 11.4 Å². The van der Waals surface area contributed by atoms with Crippen molar-refractivity contribution in [2.45, 2.75) is 6.54 Å². The first-order chi connectivity index (χ1) is 10.9. The second-order valence-corrected chi connectivity index (χ2v) is 5.07. The van der Waals surface area contributed by atoms with Gasteiger partial charge >= 0.3 is 0 Å². The number of methoxy groups -OCH3 is 1. The van der Waals surface area contributed by atoms with Crippen LogP contribution in [0.25, 0.3) is 0 Å². The fourth-order valence-electron chi connectivity index (χ4n) is 1.99. The number of halogens is 1. The molecule has 0 saturated heterocycles. The maximum atomic E-state index is 11.2. The topological polar surface area (TPSA) is 107 Å². The van der Waals surface area contributed by atoms with Crippen LogP contribution in [0, 0.1) is 10.1 Å². The number of primary amides is 1. The molecular formula is C15H14ClN3O4. The first-order valence-corrected chi connectivity index (χ1v) is 6.94. The molecule has 2 aromatic carbocycles. The Hall–Kier alpha value is -2.80. The zero-order valence-corrected chi connectivity index (χ0v) is 13.0. The summed E-state index contributed by atoms with van der Waals surface area (Å²) in [5.41, 5.74) is 6.02. The maximum Gasteiger partial charge on any atom is 0.275 e. The highest BCUT2D eigenvalue weighted by molar-refractivity contribution is 6.33. The number of hydrogen-bond donors (Lipinski definition) is 2. The summed E-state index contributed by atoms with van der Waals surface area (Å²) >= 11 is 6.08. The second-order valence-electron chi connectivity index (χ2n) is 4.66. The molecule has 0 aromatic heterocycles. The number of amides is 1. The van der Waals surface area contributed by atoms with Crippen molar-refractivity contribution in [3.8, 4) is 5.75 Å². The Morgan fingerprint density at radius 3 is 2.70 bits per heavy atom. The summed E-state index contributed by atoms with van der Waals surface area (Å²) < 4.78 is 5.11. The van der Waals surface area contributed by atoms with Crippen LogP contribution in [0.1, 0.15) is 15.9 Å². The van der Waals surface area contributed by atoms with E-state index in [-0.39, 0.29) is 17.8 Å². The van der Waals surface area contributed by atoms with Gasteiger partial charge < -0.3 is 15.8 Å². The molecule has 8 heteroatoms. The fourth-order valence-corrected chi connectivity index (χ4v) is 2.18. The van der Waals surface area contributed by atoms with E-state index in [1.807, 2.05) is 0 Å².